The number of hydrogen-bond acceptors (Lipinski definition) is 4. The summed E-state index contributed by atoms with van der Waals surface area (Å²) in [5, 5.41) is 0.855. The maximum atomic E-state index is 14.0. The quantitative estimate of drug-likeness (QED) is 0.718. The number of nitrogens with zero attached hydrogens (tertiary/aromatic N) is 3. The Morgan fingerprint density at radius 3 is 2.70 bits per heavy atom. The van der Waals surface area contributed by atoms with Crippen LogP contribution < -0.4 is 10.5 Å². The molecule has 3 aromatic rings. The van der Waals surface area contributed by atoms with Crippen LogP contribution in [0, 0.1) is 12.7 Å². The van der Waals surface area contributed by atoms with Crippen LogP contribution in [0.2, 0.25) is 0 Å². The van der Waals surface area contributed by atoms with Gasteiger partial charge in [0.1, 0.15) is 11.6 Å². The van der Waals surface area contributed by atoms with Crippen molar-refractivity contribution in [1.82, 2.24) is 14.9 Å². The number of piperazine rings is 1. The van der Waals surface area contributed by atoms with Gasteiger partial charge in [0.05, 0.1) is 5.39 Å². The lowest BCUT2D eigenvalue weighted by atomic mass is 10.00. The number of pyridine rings is 2. The molecule has 0 amide bonds. The van der Waals surface area contributed by atoms with E-state index in [0.29, 0.717) is 17.3 Å². The SMILES string of the molecule is Cc1ccc(N2CCN(C3CCC(c4cc5cccc(F)c5c(=O)[nH]4)C3)CC2)nc1. The van der Waals surface area contributed by atoms with E-state index in [1.165, 1.54) is 11.6 Å². The highest BCUT2D eigenvalue weighted by atomic mass is 19.1. The van der Waals surface area contributed by atoms with Crippen molar-refractivity contribution in [3.63, 3.8) is 0 Å². The van der Waals surface area contributed by atoms with E-state index in [0.717, 1.165) is 57.0 Å². The predicted molar refractivity (Wildman–Crippen MR) is 118 cm³/mol. The minimum atomic E-state index is -0.453. The number of hydrogen-bond donors (Lipinski definition) is 1. The van der Waals surface area contributed by atoms with Crippen molar-refractivity contribution in [2.24, 2.45) is 0 Å². The Morgan fingerprint density at radius 2 is 1.93 bits per heavy atom. The zero-order chi connectivity index (χ0) is 20.7. The van der Waals surface area contributed by atoms with Gasteiger partial charge in [-0.1, -0.05) is 18.2 Å². The second kappa shape index (κ2) is 7.84. The average molecular weight is 407 g/mol. The van der Waals surface area contributed by atoms with Crippen LogP contribution in [0.1, 0.15) is 36.4 Å². The van der Waals surface area contributed by atoms with Gasteiger partial charge in [-0.05, 0) is 55.3 Å². The van der Waals surface area contributed by atoms with Crippen LogP contribution in [0.5, 0.6) is 0 Å². The van der Waals surface area contributed by atoms with Crippen LogP contribution in [0.3, 0.4) is 0 Å². The van der Waals surface area contributed by atoms with Gasteiger partial charge in [0.15, 0.2) is 0 Å². The summed E-state index contributed by atoms with van der Waals surface area (Å²) < 4.78 is 14.0. The molecule has 5 rings (SSSR count). The molecule has 0 bridgehead atoms. The number of H-pyrrole nitrogens is 1. The molecule has 5 nitrogen and oxygen atoms in total. The van der Waals surface area contributed by atoms with Crippen molar-refractivity contribution in [2.75, 3.05) is 31.1 Å². The van der Waals surface area contributed by atoms with E-state index in [2.05, 4.69) is 38.8 Å². The summed E-state index contributed by atoms with van der Waals surface area (Å²) in [4.78, 5) is 24.9. The van der Waals surface area contributed by atoms with Crippen LogP contribution in [0.4, 0.5) is 10.2 Å². The molecule has 1 N–H and O–H groups in total. The summed E-state index contributed by atoms with van der Waals surface area (Å²) in [5.74, 6) is 0.934. The molecule has 2 fully saturated rings. The summed E-state index contributed by atoms with van der Waals surface area (Å²) >= 11 is 0. The largest absolute Gasteiger partial charge is 0.354 e. The van der Waals surface area contributed by atoms with E-state index in [1.54, 1.807) is 6.07 Å². The van der Waals surface area contributed by atoms with Crippen LogP contribution in [0.25, 0.3) is 10.8 Å². The van der Waals surface area contributed by atoms with Crippen molar-refractivity contribution in [1.29, 1.82) is 0 Å². The van der Waals surface area contributed by atoms with E-state index in [9.17, 15) is 9.18 Å². The number of fused-ring (bicyclic) bond motifs is 1. The van der Waals surface area contributed by atoms with E-state index in [1.807, 2.05) is 18.3 Å². The fourth-order valence-electron chi connectivity index (χ4n) is 5.05. The Bertz CT molecular complexity index is 1100. The second-order valence-corrected chi connectivity index (χ2v) is 8.64. The summed E-state index contributed by atoms with van der Waals surface area (Å²) in [6, 6.07) is 11.6. The molecule has 1 aliphatic carbocycles. The molecule has 3 heterocycles. The molecule has 2 atom stereocenters. The number of aromatic nitrogens is 2. The molecule has 0 spiro atoms. The van der Waals surface area contributed by atoms with Crippen molar-refractivity contribution in [2.45, 2.75) is 38.1 Å². The van der Waals surface area contributed by atoms with Gasteiger partial charge in [-0.15, -0.1) is 0 Å². The molecule has 0 radical (unpaired) electrons. The van der Waals surface area contributed by atoms with Gasteiger partial charge >= 0.3 is 0 Å². The Hall–Kier alpha value is -2.73. The zero-order valence-corrected chi connectivity index (χ0v) is 17.3. The van der Waals surface area contributed by atoms with E-state index in [-0.39, 0.29) is 10.9 Å². The topological polar surface area (TPSA) is 52.2 Å². The lowest BCUT2D eigenvalue weighted by Crippen LogP contribution is -2.50. The standard InChI is InChI=1S/C24H27FN4O/c1-16-5-8-22(26-15-16)29-11-9-28(10-12-29)19-7-6-17(13-19)21-14-18-3-2-4-20(25)23(18)24(30)27-21/h2-5,8,14-15,17,19H,6-7,9-13H2,1H3,(H,27,30). The van der Waals surface area contributed by atoms with Gasteiger partial charge in [0.25, 0.3) is 5.56 Å². The molecule has 2 unspecified atom stereocenters. The van der Waals surface area contributed by atoms with Crippen LogP contribution >= 0.6 is 0 Å². The predicted octanol–water partition coefficient (Wildman–Crippen LogP) is 3.83. The smallest absolute Gasteiger partial charge is 0.259 e. The van der Waals surface area contributed by atoms with Crippen molar-refractivity contribution in [3.05, 3.63) is 70.0 Å². The Balaban J connectivity index is 1.25. The first-order valence-electron chi connectivity index (χ1n) is 10.8. The van der Waals surface area contributed by atoms with Crippen LogP contribution in [-0.4, -0.2) is 47.1 Å². The average Bonchev–Trinajstić information content (AvgIpc) is 3.25. The van der Waals surface area contributed by atoms with Gasteiger partial charge in [-0.2, -0.15) is 0 Å². The van der Waals surface area contributed by atoms with Gasteiger partial charge in [0, 0.05) is 50.0 Å². The lowest BCUT2D eigenvalue weighted by Gasteiger charge is -2.38. The minimum absolute atomic E-state index is 0.164. The summed E-state index contributed by atoms with van der Waals surface area (Å²) in [5.41, 5.74) is 1.82. The molecule has 156 valence electrons. The van der Waals surface area contributed by atoms with Gasteiger partial charge < -0.3 is 9.88 Å². The highest BCUT2D eigenvalue weighted by Crippen LogP contribution is 2.37. The number of nitrogens with one attached hydrogen (secondary N) is 1. The number of aromatic amines is 1. The number of benzene rings is 1. The van der Waals surface area contributed by atoms with Crippen molar-refractivity contribution in [3.8, 4) is 0 Å². The lowest BCUT2D eigenvalue weighted by molar-refractivity contribution is 0.186. The summed E-state index contributed by atoms with van der Waals surface area (Å²) in [7, 11) is 0. The third-order valence-corrected chi connectivity index (χ3v) is 6.74. The summed E-state index contributed by atoms with van der Waals surface area (Å²) in [6.45, 7) is 6.11. The first-order chi connectivity index (χ1) is 14.6. The Morgan fingerprint density at radius 1 is 1.10 bits per heavy atom. The molecule has 1 aromatic carbocycles. The number of halogens is 1. The van der Waals surface area contributed by atoms with Gasteiger partial charge in [0.2, 0.25) is 0 Å². The molecular weight excluding hydrogens is 379 g/mol. The second-order valence-electron chi connectivity index (χ2n) is 8.64. The maximum absolute atomic E-state index is 14.0. The molecule has 2 aromatic heterocycles. The number of rotatable bonds is 3. The molecule has 2 aliphatic rings. The first kappa shape index (κ1) is 19.2. The highest BCUT2D eigenvalue weighted by Gasteiger charge is 2.32. The normalized spacial score (nSPS) is 22.7. The molecule has 1 saturated heterocycles. The van der Waals surface area contributed by atoms with Crippen molar-refractivity contribution < 1.29 is 4.39 Å². The molecular formula is C24H27FN4O. The molecule has 6 heteroatoms. The van der Waals surface area contributed by atoms with E-state index in [4.69, 9.17) is 0 Å². The summed E-state index contributed by atoms with van der Waals surface area (Å²) in [6.07, 6.45) is 5.16. The minimum Gasteiger partial charge on any atom is -0.354 e. The number of aryl methyl sites for hydroxylation is 1. The van der Waals surface area contributed by atoms with E-state index < -0.39 is 5.82 Å². The fraction of sp³-hybridized carbons (Fsp3) is 0.417. The number of anilines is 1. The van der Waals surface area contributed by atoms with Gasteiger partial charge in [-0.3, -0.25) is 9.69 Å². The fourth-order valence-corrected chi connectivity index (χ4v) is 5.05. The molecule has 1 aliphatic heterocycles. The Kier molecular flexibility index (Phi) is 5.03. The molecule has 1 saturated carbocycles. The molecule has 30 heavy (non-hydrogen) atoms. The van der Waals surface area contributed by atoms with Crippen LogP contribution in [0.15, 0.2) is 47.4 Å². The van der Waals surface area contributed by atoms with Gasteiger partial charge in [-0.25, -0.2) is 9.37 Å². The Labute approximate surface area is 175 Å². The third kappa shape index (κ3) is 3.60. The van der Waals surface area contributed by atoms with E-state index >= 15 is 0 Å². The monoisotopic (exact) mass is 406 g/mol. The maximum Gasteiger partial charge on any atom is 0.259 e. The highest BCUT2D eigenvalue weighted by molar-refractivity contribution is 5.82. The first-order valence-corrected chi connectivity index (χ1v) is 10.8. The zero-order valence-electron chi connectivity index (χ0n) is 17.3. The van der Waals surface area contributed by atoms with Crippen molar-refractivity contribution >= 4 is 16.6 Å². The van der Waals surface area contributed by atoms with Crippen LogP contribution in [-0.2, 0) is 0 Å². The third-order valence-electron chi connectivity index (χ3n) is 6.74.